The van der Waals surface area contributed by atoms with Crippen LogP contribution < -0.4 is 10.5 Å². The number of hydrogen-bond donors (Lipinski definition) is 1. The van der Waals surface area contributed by atoms with E-state index in [0.717, 1.165) is 44.3 Å². The summed E-state index contributed by atoms with van der Waals surface area (Å²) in [6, 6.07) is 6.45. The fraction of sp³-hybridized carbons (Fsp3) is 0.625. The van der Waals surface area contributed by atoms with Gasteiger partial charge in [0.1, 0.15) is 5.75 Å². The zero-order valence-corrected chi connectivity index (χ0v) is 11.9. The van der Waals surface area contributed by atoms with Crippen molar-refractivity contribution in [1.29, 1.82) is 0 Å². The molecule has 3 nitrogen and oxygen atoms in total. The van der Waals surface area contributed by atoms with E-state index in [-0.39, 0.29) is 0 Å². The van der Waals surface area contributed by atoms with Gasteiger partial charge < -0.3 is 15.2 Å². The second kappa shape index (κ2) is 7.51. The van der Waals surface area contributed by atoms with E-state index in [4.69, 9.17) is 15.2 Å². The summed E-state index contributed by atoms with van der Waals surface area (Å²) in [5, 5.41) is 0. The number of hydrogen-bond acceptors (Lipinski definition) is 3. The third-order valence-electron chi connectivity index (χ3n) is 3.45. The molecule has 1 fully saturated rings. The van der Waals surface area contributed by atoms with Crippen LogP contribution in [0.3, 0.4) is 0 Å². The Kier molecular flexibility index (Phi) is 5.67. The second-order valence-electron chi connectivity index (χ2n) is 5.18. The highest BCUT2D eigenvalue weighted by atomic mass is 16.5. The molecule has 19 heavy (non-hydrogen) atoms. The average molecular weight is 263 g/mol. The van der Waals surface area contributed by atoms with E-state index in [1.807, 2.05) is 6.92 Å². The summed E-state index contributed by atoms with van der Waals surface area (Å²) in [7, 11) is 0. The van der Waals surface area contributed by atoms with Crippen LogP contribution in [0.1, 0.15) is 30.9 Å². The highest BCUT2D eigenvalue weighted by molar-refractivity contribution is 5.37. The van der Waals surface area contributed by atoms with Crippen LogP contribution >= 0.6 is 0 Å². The molecule has 2 rings (SSSR count). The van der Waals surface area contributed by atoms with Gasteiger partial charge in [-0.15, -0.1) is 0 Å². The van der Waals surface area contributed by atoms with Gasteiger partial charge in [0.25, 0.3) is 0 Å². The fourth-order valence-electron chi connectivity index (χ4n) is 2.11. The third kappa shape index (κ3) is 4.84. The Bertz CT molecular complexity index is 388. The molecule has 1 aliphatic carbocycles. The van der Waals surface area contributed by atoms with Gasteiger partial charge in [-0.3, -0.25) is 0 Å². The molecule has 1 aliphatic rings. The largest absolute Gasteiger partial charge is 0.493 e. The Morgan fingerprint density at radius 3 is 2.79 bits per heavy atom. The standard InChI is InChI=1S/C16H25NO2/c1-2-18-10-8-13-5-6-16(15(11-13)7-9-17)19-12-14-3-4-14/h5-6,11,14H,2-4,7-10,12,17H2,1H3. The zero-order valence-electron chi connectivity index (χ0n) is 11.9. The molecule has 0 heterocycles. The van der Waals surface area contributed by atoms with E-state index in [0.29, 0.717) is 6.54 Å². The molecule has 0 saturated heterocycles. The van der Waals surface area contributed by atoms with Crippen LogP contribution in [-0.4, -0.2) is 26.4 Å². The summed E-state index contributed by atoms with van der Waals surface area (Å²) >= 11 is 0. The SMILES string of the molecule is CCOCCc1ccc(OCC2CC2)c(CCN)c1. The van der Waals surface area contributed by atoms with Crippen LogP contribution in [0.4, 0.5) is 0 Å². The van der Waals surface area contributed by atoms with Gasteiger partial charge in [-0.05, 0) is 62.3 Å². The Morgan fingerprint density at radius 2 is 2.11 bits per heavy atom. The van der Waals surface area contributed by atoms with Gasteiger partial charge in [0.15, 0.2) is 0 Å². The quantitative estimate of drug-likeness (QED) is 0.696. The van der Waals surface area contributed by atoms with E-state index >= 15 is 0 Å². The molecule has 3 heteroatoms. The number of ether oxygens (including phenoxy) is 2. The minimum absolute atomic E-state index is 0.661. The van der Waals surface area contributed by atoms with Crippen molar-refractivity contribution in [1.82, 2.24) is 0 Å². The van der Waals surface area contributed by atoms with Gasteiger partial charge in [-0.2, -0.15) is 0 Å². The van der Waals surface area contributed by atoms with Crippen LogP contribution in [0.5, 0.6) is 5.75 Å². The molecule has 0 bridgehead atoms. The molecule has 0 unspecified atom stereocenters. The molecule has 1 aromatic rings. The average Bonchev–Trinajstić information content (AvgIpc) is 3.23. The van der Waals surface area contributed by atoms with Crippen LogP contribution in [0.2, 0.25) is 0 Å². The Labute approximate surface area is 116 Å². The van der Waals surface area contributed by atoms with Crippen LogP contribution in [0.25, 0.3) is 0 Å². The molecule has 0 aromatic heterocycles. The minimum atomic E-state index is 0.661. The van der Waals surface area contributed by atoms with E-state index < -0.39 is 0 Å². The number of rotatable bonds is 9. The minimum Gasteiger partial charge on any atom is -0.493 e. The Balaban J connectivity index is 1.96. The van der Waals surface area contributed by atoms with Crippen molar-refractivity contribution < 1.29 is 9.47 Å². The lowest BCUT2D eigenvalue weighted by atomic mass is 10.0. The number of benzene rings is 1. The second-order valence-corrected chi connectivity index (χ2v) is 5.18. The highest BCUT2D eigenvalue weighted by Gasteiger charge is 2.22. The molecular weight excluding hydrogens is 238 g/mol. The van der Waals surface area contributed by atoms with Gasteiger partial charge in [0.05, 0.1) is 13.2 Å². The maximum atomic E-state index is 5.91. The van der Waals surface area contributed by atoms with Crippen molar-refractivity contribution in [2.24, 2.45) is 11.7 Å². The van der Waals surface area contributed by atoms with Gasteiger partial charge in [0, 0.05) is 6.61 Å². The molecular formula is C16H25NO2. The van der Waals surface area contributed by atoms with Crippen molar-refractivity contribution in [2.75, 3.05) is 26.4 Å². The third-order valence-corrected chi connectivity index (χ3v) is 3.45. The number of nitrogens with two attached hydrogens (primary N) is 1. The van der Waals surface area contributed by atoms with Gasteiger partial charge in [0.2, 0.25) is 0 Å². The molecule has 0 amide bonds. The first-order valence-corrected chi connectivity index (χ1v) is 7.36. The lowest BCUT2D eigenvalue weighted by Gasteiger charge is -2.12. The first-order valence-electron chi connectivity index (χ1n) is 7.36. The zero-order chi connectivity index (χ0) is 13.5. The lowest BCUT2D eigenvalue weighted by molar-refractivity contribution is 0.151. The first-order chi connectivity index (χ1) is 9.33. The molecule has 1 aromatic carbocycles. The molecule has 106 valence electrons. The first kappa shape index (κ1) is 14.4. The predicted octanol–water partition coefficient (Wildman–Crippen LogP) is 2.56. The smallest absolute Gasteiger partial charge is 0.122 e. The van der Waals surface area contributed by atoms with Crippen molar-refractivity contribution in [2.45, 2.75) is 32.6 Å². The van der Waals surface area contributed by atoms with Crippen molar-refractivity contribution in [3.8, 4) is 5.75 Å². The normalized spacial score (nSPS) is 14.6. The molecule has 0 radical (unpaired) electrons. The maximum absolute atomic E-state index is 5.91. The molecule has 0 spiro atoms. The monoisotopic (exact) mass is 263 g/mol. The van der Waals surface area contributed by atoms with Crippen LogP contribution in [-0.2, 0) is 17.6 Å². The summed E-state index contributed by atoms with van der Waals surface area (Å²) in [5.74, 6) is 1.79. The van der Waals surface area contributed by atoms with E-state index in [1.165, 1.54) is 24.0 Å². The summed E-state index contributed by atoms with van der Waals surface area (Å²) in [5.41, 5.74) is 8.22. The summed E-state index contributed by atoms with van der Waals surface area (Å²) in [6.45, 7) is 5.10. The van der Waals surface area contributed by atoms with E-state index in [1.54, 1.807) is 0 Å². The van der Waals surface area contributed by atoms with Crippen LogP contribution in [0, 0.1) is 5.92 Å². The predicted molar refractivity (Wildman–Crippen MR) is 77.6 cm³/mol. The van der Waals surface area contributed by atoms with E-state index in [2.05, 4.69) is 18.2 Å². The lowest BCUT2D eigenvalue weighted by Crippen LogP contribution is -2.08. The summed E-state index contributed by atoms with van der Waals surface area (Å²) in [6.07, 6.45) is 4.47. The topological polar surface area (TPSA) is 44.5 Å². The van der Waals surface area contributed by atoms with Crippen LogP contribution in [0.15, 0.2) is 18.2 Å². The molecule has 1 saturated carbocycles. The van der Waals surface area contributed by atoms with E-state index in [9.17, 15) is 0 Å². The van der Waals surface area contributed by atoms with Crippen molar-refractivity contribution in [3.63, 3.8) is 0 Å². The highest BCUT2D eigenvalue weighted by Crippen LogP contribution is 2.30. The molecule has 0 atom stereocenters. The molecule has 0 aliphatic heterocycles. The Hall–Kier alpha value is -1.06. The summed E-state index contributed by atoms with van der Waals surface area (Å²) in [4.78, 5) is 0. The van der Waals surface area contributed by atoms with Crippen molar-refractivity contribution >= 4 is 0 Å². The maximum Gasteiger partial charge on any atom is 0.122 e. The Morgan fingerprint density at radius 1 is 1.26 bits per heavy atom. The van der Waals surface area contributed by atoms with Gasteiger partial charge in [-0.1, -0.05) is 12.1 Å². The summed E-state index contributed by atoms with van der Waals surface area (Å²) < 4.78 is 11.3. The van der Waals surface area contributed by atoms with Gasteiger partial charge in [-0.25, -0.2) is 0 Å². The molecule has 2 N–H and O–H groups in total. The fourth-order valence-corrected chi connectivity index (χ4v) is 2.11. The van der Waals surface area contributed by atoms with Gasteiger partial charge >= 0.3 is 0 Å². The van der Waals surface area contributed by atoms with Crippen molar-refractivity contribution in [3.05, 3.63) is 29.3 Å².